The highest BCUT2D eigenvalue weighted by Crippen LogP contribution is 2.29. The summed E-state index contributed by atoms with van der Waals surface area (Å²) in [7, 11) is 0. The van der Waals surface area contributed by atoms with Gasteiger partial charge in [0.2, 0.25) is 11.4 Å². The van der Waals surface area contributed by atoms with E-state index in [0.29, 0.717) is 12.0 Å². The minimum atomic E-state index is -1.94. The predicted octanol–water partition coefficient (Wildman–Crippen LogP) is 4.07. The van der Waals surface area contributed by atoms with Crippen molar-refractivity contribution in [3.8, 4) is 0 Å². The number of hydrogen-bond acceptors (Lipinski definition) is 9. The number of hydrogen-bond donors (Lipinski definition) is 1. The van der Waals surface area contributed by atoms with Gasteiger partial charge < -0.3 is 19.5 Å². The Bertz CT molecular complexity index is 1190. The van der Waals surface area contributed by atoms with Crippen LogP contribution < -0.4 is 5.32 Å². The number of carbonyl (C=O) groups excluding carboxylic acids is 5. The Labute approximate surface area is 232 Å². The van der Waals surface area contributed by atoms with Gasteiger partial charge >= 0.3 is 17.9 Å². The first-order valence-electron chi connectivity index (χ1n) is 12.4. The third kappa shape index (κ3) is 9.10. The minimum absolute atomic E-state index is 0.0338. The van der Waals surface area contributed by atoms with Gasteiger partial charge in [0.1, 0.15) is 0 Å². The summed E-state index contributed by atoms with van der Waals surface area (Å²) in [6.07, 6.45) is 0.267. The van der Waals surface area contributed by atoms with Gasteiger partial charge in [0.05, 0.1) is 13.2 Å². The SMILES string of the molecule is C=C(C)C(=O)OCC(=O)c1ccc(Sc2ccc(CCC(NC(C)=O)(C(=O)OCC)C(=O)OCC)cc2)cc1. The second kappa shape index (κ2) is 14.9. The molecule has 0 unspecified atom stereocenters. The van der Waals surface area contributed by atoms with Gasteiger partial charge in [-0.3, -0.25) is 9.59 Å². The van der Waals surface area contributed by atoms with E-state index in [1.165, 1.54) is 25.6 Å². The molecule has 0 aliphatic carbocycles. The molecule has 0 saturated carbocycles. The minimum Gasteiger partial charge on any atom is -0.464 e. The van der Waals surface area contributed by atoms with Crippen molar-refractivity contribution < 1.29 is 38.2 Å². The van der Waals surface area contributed by atoms with Crippen molar-refractivity contribution in [3.05, 3.63) is 71.8 Å². The maximum Gasteiger partial charge on any atom is 0.343 e. The first-order chi connectivity index (χ1) is 18.5. The lowest BCUT2D eigenvalue weighted by Gasteiger charge is -2.29. The highest BCUT2D eigenvalue weighted by atomic mass is 32.2. The fourth-order valence-electron chi connectivity index (χ4n) is 3.50. The van der Waals surface area contributed by atoms with Crippen molar-refractivity contribution in [1.82, 2.24) is 5.32 Å². The van der Waals surface area contributed by atoms with Crippen molar-refractivity contribution in [3.63, 3.8) is 0 Å². The summed E-state index contributed by atoms with van der Waals surface area (Å²) < 4.78 is 15.1. The monoisotopic (exact) mass is 555 g/mol. The van der Waals surface area contributed by atoms with Crippen LogP contribution in [0.2, 0.25) is 0 Å². The number of amides is 1. The summed E-state index contributed by atoms with van der Waals surface area (Å²) in [6.45, 7) is 9.18. The zero-order valence-electron chi connectivity index (χ0n) is 22.5. The quantitative estimate of drug-likeness (QED) is 0.121. The Morgan fingerprint density at radius 2 is 1.33 bits per heavy atom. The lowest BCUT2D eigenvalue weighted by atomic mass is 9.90. The van der Waals surface area contributed by atoms with Gasteiger partial charge in [0.15, 0.2) is 12.4 Å². The standard InChI is InChI=1S/C29H33NO8S/c1-6-36-27(34)29(30-20(5)31,28(35)37-7-2)17-16-21-8-12-23(13-9-21)39-24-14-10-22(11-15-24)25(32)18-38-26(33)19(3)4/h8-15H,3,6-7,16-18H2,1-2,4-5H3,(H,30,31). The van der Waals surface area contributed by atoms with Crippen LogP contribution >= 0.6 is 11.8 Å². The number of esters is 3. The van der Waals surface area contributed by atoms with Crippen LogP contribution in [-0.2, 0) is 39.8 Å². The lowest BCUT2D eigenvalue weighted by Crippen LogP contribution is -2.61. The van der Waals surface area contributed by atoms with Crippen LogP contribution in [0, 0.1) is 0 Å². The zero-order chi connectivity index (χ0) is 29.0. The Balaban J connectivity index is 2.07. The van der Waals surface area contributed by atoms with Gasteiger partial charge in [-0.15, -0.1) is 0 Å². The molecule has 0 heterocycles. The molecule has 0 aliphatic rings. The molecule has 0 aliphatic heterocycles. The third-order valence-corrected chi connectivity index (χ3v) is 6.46. The number of nitrogens with one attached hydrogen (secondary N) is 1. The Morgan fingerprint density at radius 3 is 1.79 bits per heavy atom. The average molecular weight is 556 g/mol. The van der Waals surface area contributed by atoms with E-state index < -0.39 is 29.4 Å². The zero-order valence-corrected chi connectivity index (χ0v) is 23.4. The number of ketones is 1. The first kappa shape index (κ1) is 31.3. The largest absolute Gasteiger partial charge is 0.464 e. The molecule has 0 aromatic heterocycles. The summed E-state index contributed by atoms with van der Waals surface area (Å²) in [5.41, 5.74) is -0.443. The number of benzene rings is 2. The van der Waals surface area contributed by atoms with E-state index in [4.69, 9.17) is 14.2 Å². The second-order valence-electron chi connectivity index (χ2n) is 8.58. The Morgan fingerprint density at radius 1 is 0.821 bits per heavy atom. The third-order valence-electron chi connectivity index (χ3n) is 5.44. The van der Waals surface area contributed by atoms with E-state index in [-0.39, 0.29) is 37.6 Å². The summed E-state index contributed by atoms with van der Waals surface area (Å²) in [4.78, 5) is 62.9. The molecule has 0 spiro atoms. The van der Waals surface area contributed by atoms with Gasteiger partial charge in [-0.05, 0) is 63.4 Å². The van der Waals surface area contributed by atoms with Crippen molar-refractivity contribution >= 4 is 41.4 Å². The lowest BCUT2D eigenvalue weighted by molar-refractivity contribution is -0.168. The van der Waals surface area contributed by atoms with Crippen LogP contribution in [0.15, 0.2) is 70.5 Å². The number of carbonyl (C=O) groups is 5. The van der Waals surface area contributed by atoms with E-state index in [2.05, 4.69) is 11.9 Å². The summed E-state index contributed by atoms with van der Waals surface area (Å²) in [5.74, 6) is -3.19. The molecule has 10 heteroatoms. The summed E-state index contributed by atoms with van der Waals surface area (Å²) >= 11 is 1.48. The molecular formula is C29H33NO8S. The molecule has 0 saturated heterocycles. The normalized spacial score (nSPS) is 10.8. The van der Waals surface area contributed by atoms with Gasteiger partial charge in [0, 0.05) is 27.9 Å². The maximum atomic E-state index is 12.8. The van der Waals surface area contributed by atoms with Gasteiger partial charge in [0.25, 0.3) is 0 Å². The van der Waals surface area contributed by atoms with E-state index in [1.54, 1.807) is 38.1 Å². The number of aryl methyl sites for hydroxylation is 1. The maximum absolute atomic E-state index is 12.8. The van der Waals surface area contributed by atoms with E-state index in [1.807, 2.05) is 24.3 Å². The molecule has 2 rings (SSSR count). The van der Waals surface area contributed by atoms with Crippen molar-refractivity contribution in [2.24, 2.45) is 0 Å². The topological polar surface area (TPSA) is 125 Å². The highest BCUT2D eigenvalue weighted by molar-refractivity contribution is 7.99. The molecule has 0 fully saturated rings. The Kier molecular flexibility index (Phi) is 11.9. The van der Waals surface area contributed by atoms with Gasteiger partial charge in [-0.1, -0.05) is 42.6 Å². The van der Waals surface area contributed by atoms with E-state index in [0.717, 1.165) is 15.4 Å². The molecule has 0 radical (unpaired) electrons. The molecule has 208 valence electrons. The van der Waals surface area contributed by atoms with E-state index >= 15 is 0 Å². The van der Waals surface area contributed by atoms with Crippen molar-refractivity contribution in [2.45, 2.75) is 55.9 Å². The van der Waals surface area contributed by atoms with Crippen molar-refractivity contribution in [2.75, 3.05) is 19.8 Å². The molecule has 2 aromatic carbocycles. The van der Waals surface area contributed by atoms with Crippen molar-refractivity contribution in [1.29, 1.82) is 0 Å². The smallest absolute Gasteiger partial charge is 0.343 e. The van der Waals surface area contributed by atoms with Gasteiger partial charge in [-0.25, -0.2) is 14.4 Å². The molecule has 2 aromatic rings. The van der Waals surface area contributed by atoms with Crippen LogP contribution in [0.5, 0.6) is 0 Å². The molecule has 1 N–H and O–H groups in total. The molecule has 1 amide bonds. The van der Waals surface area contributed by atoms with Gasteiger partial charge in [-0.2, -0.15) is 0 Å². The van der Waals surface area contributed by atoms with Crippen LogP contribution in [0.1, 0.15) is 50.0 Å². The fraction of sp³-hybridized carbons (Fsp3) is 0.345. The fourth-order valence-corrected chi connectivity index (χ4v) is 4.32. The highest BCUT2D eigenvalue weighted by Gasteiger charge is 2.49. The summed E-state index contributed by atoms with van der Waals surface area (Å²) in [5, 5.41) is 2.46. The Hall–Kier alpha value is -3.92. The molecule has 0 bridgehead atoms. The number of ether oxygens (including phenoxy) is 3. The van der Waals surface area contributed by atoms with Crippen LogP contribution in [0.4, 0.5) is 0 Å². The van der Waals surface area contributed by atoms with E-state index in [9.17, 15) is 24.0 Å². The number of Topliss-reactive ketones (excluding diaryl/α,β-unsaturated/α-hetero) is 1. The molecule has 0 atom stereocenters. The molecular weight excluding hydrogens is 522 g/mol. The molecule has 9 nitrogen and oxygen atoms in total. The second-order valence-corrected chi connectivity index (χ2v) is 9.72. The van der Waals surface area contributed by atoms with Crippen LogP contribution in [0.25, 0.3) is 0 Å². The van der Waals surface area contributed by atoms with Crippen LogP contribution in [-0.4, -0.2) is 55.0 Å². The molecule has 39 heavy (non-hydrogen) atoms. The number of rotatable bonds is 14. The van der Waals surface area contributed by atoms with Crippen LogP contribution in [0.3, 0.4) is 0 Å². The first-order valence-corrected chi connectivity index (χ1v) is 13.2. The average Bonchev–Trinajstić information content (AvgIpc) is 2.90. The summed E-state index contributed by atoms with van der Waals surface area (Å²) in [6, 6.07) is 14.5. The predicted molar refractivity (Wildman–Crippen MR) is 145 cm³/mol.